The van der Waals surface area contributed by atoms with Gasteiger partial charge in [-0.25, -0.2) is 0 Å². The fourth-order valence-corrected chi connectivity index (χ4v) is 4.73. The smallest absolute Gasteiger partial charge is 0.232 e. The minimum Gasteiger partial charge on any atom is -0.340 e. The largest absolute Gasteiger partial charge is 0.340 e. The van der Waals surface area contributed by atoms with Gasteiger partial charge in [0, 0.05) is 31.1 Å². The van der Waals surface area contributed by atoms with Crippen LogP contribution in [-0.4, -0.2) is 35.6 Å². The summed E-state index contributed by atoms with van der Waals surface area (Å²) in [6.07, 6.45) is 6.76. The molecular weight excluding hydrogens is 362 g/mol. The summed E-state index contributed by atoms with van der Waals surface area (Å²) in [5, 5.41) is 4.47. The van der Waals surface area contributed by atoms with Crippen molar-refractivity contribution in [3.8, 4) is 11.3 Å². The van der Waals surface area contributed by atoms with Crippen LogP contribution in [0.25, 0.3) is 11.3 Å². The zero-order valence-corrected chi connectivity index (χ0v) is 17.8. The Morgan fingerprint density at radius 1 is 1.14 bits per heavy atom. The van der Waals surface area contributed by atoms with Crippen LogP contribution < -0.4 is 4.90 Å². The quantitative estimate of drug-likeness (QED) is 0.653. The molecule has 1 aliphatic carbocycles. The maximum atomic E-state index is 13.3. The molecule has 2 aliphatic rings. The maximum absolute atomic E-state index is 13.3. The predicted octanol–water partition coefficient (Wildman–Crippen LogP) is 5.12. The van der Waals surface area contributed by atoms with E-state index in [2.05, 4.69) is 40.9 Å². The second-order valence-corrected chi connectivity index (χ2v) is 8.97. The van der Waals surface area contributed by atoms with Crippen LogP contribution in [0.5, 0.6) is 0 Å². The number of carbonyl (C=O) groups is 1. The van der Waals surface area contributed by atoms with Crippen molar-refractivity contribution in [3.05, 3.63) is 35.9 Å². The van der Waals surface area contributed by atoms with E-state index < -0.39 is 0 Å². The lowest BCUT2D eigenvalue weighted by Gasteiger charge is -2.28. The molecule has 1 saturated carbocycles. The molecule has 1 saturated heterocycles. The second-order valence-electron chi connectivity index (χ2n) is 8.97. The Hall–Kier alpha value is -2.30. The SMILES string of the molecule is CC(C)CN(Cc1c(-c2ccccc2)noc1N1CCCC1)C(=O)C1CCCC1. The van der Waals surface area contributed by atoms with Crippen LogP contribution >= 0.6 is 0 Å². The number of amides is 1. The molecule has 2 heterocycles. The van der Waals surface area contributed by atoms with E-state index in [1.807, 2.05) is 18.2 Å². The van der Waals surface area contributed by atoms with E-state index in [-0.39, 0.29) is 5.92 Å². The molecule has 29 heavy (non-hydrogen) atoms. The molecule has 1 aromatic carbocycles. The number of hydrogen-bond acceptors (Lipinski definition) is 4. The first kappa shape index (κ1) is 20.0. The molecule has 0 bridgehead atoms. The van der Waals surface area contributed by atoms with Gasteiger partial charge in [-0.15, -0.1) is 0 Å². The van der Waals surface area contributed by atoms with E-state index >= 15 is 0 Å². The van der Waals surface area contributed by atoms with E-state index in [1.165, 1.54) is 25.7 Å². The van der Waals surface area contributed by atoms with Crippen molar-refractivity contribution < 1.29 is 9.32 Å². The molecule has 1 aliphatic heterocycles. The fraction of sp³-hybridized carbons (Fsp3) is 0.583. The van der Waals surface area contributed by atoms with Crippen molar-refractivity contribution in [2.45, 2.75) is 58.9 Å². The number of carbonyl (C=O) groups excluding carboxylic acids is 1. The Morgan fingerprint density at radius 2 is 1.83 bits per heavy atom. The number of aromatic nitrogens is 1. The number of rotatable bonds is 7. The van der Waals surface area contributed by atoms with Gasteiger partial charge < -0.3 is 14.3 Å². The number of hydrogen-bond donors (Lipinski definition) is 0. The fourth-order valence-electron chi connectivity index (χ4n) is 4.73. The molecule has 5 heteroatoms. The third-order valence-corrected chi connectivity index (χ3v) is 6.16. The van der Waals surface area contributed by atoms with Crippen LogP contribution in [0.15, 0.2) is 34.9 Å². The van der Waals surface area contributed by atoms with Crippen LogP contribution in [0.3, 0.4) is 0 Å². The van der Waals surface area contributed by atoms with Crippen LogP contribution in [0, 0.1) is 11.8 Å². The topological polar surface area (TPSA) is 49.6 Å². The molecule has 0 N–H and O–H groups in total. The van der Waals surface area contributed by atoms with Crippen molar-refractivity contribution in [2.75, 3.05) is 24.5 Å². The summed E-state index contributed by atoms with van der Waals surface area (Å²) in [6.45, 7) is 7.71. The van der Waals surface area contributed by atoms with Crippen LogP contribution in [0.4, 0.5) is 5.88 Å². The molecule has 2 fully saturated rings. The van der Waals surface area contributed by atoms with Crippen molar-refractivity contribution in [2.24, 2.45) is 11.8 Å². The zero-order valence-electron chi connectivity index (χ0n) is 17.8. The third kappa shape index (κ3) is 4.49. The van der Waals surface area contributed by atoms with Crippen molar-refractivity contribution >= 4 is 11.8 Å². The standard InChI is InChI=1S/C24H33N3O2/c1-18(2)16-27(23(28)20-12-6-7-13-20)17-21-22(19-10-4-3-5-11-19)25-29-24(21)26-14-8-9-15-26/h3-5,10-11,18,20H,6-9,12-17H2,1-2H3. The Morgan fingerprint density at radius 3 is 2.48 bits per heavy atom. The highest BCUT2D eigenvalue weighted by Gasteiger charge is 2.31. The molecular formula is C24H33N3O2. The molecule has 156 valence electrons. The summed E-state index contributed by atoms with van der Waals surface area (Å²) in [4.78, 5) is 17.7. The number of benzene rings is 1. The van der Waals surface area contributed by atoms with Crippen molar-refractivity contribution in [3.63, 3.8) is 0 Å². The van der Waals surface area contributed by atoms with Gasteiger partial charge in [-0.05, 0) is 31.6 Å². The van der Waals surface area contributed by atoms with Gasteiger partial charge in [-0.1, -0.05) is 62.2 Å². The maximum Gasteiger partial charge on any atom is 0.232 e. The van der Waals surface area contributed by atoms with E-state index in [1.54, 1.807) is 0 Å². The van der Waals surface area contributed by atoms with Crippen LogP contribution in [0.2, 0.25) is 0 Å². The molecule has 0 atom stereocenters. The molecule has 1 aromatic heterocycles. The molecule has 0 radical (unpaired) electrons. The van der Waals surface area contributed by atoms with E-state index in [0.29, 0.717) is 18.4 Å². The average Bonchev–Trinajstić information content (AvgIpc) is 3.48. The average molecular weight is 396 g/mol. The Labute approximate surface area is 174 Å². The highest BCUT2D eigenvalue weighted by Crippen LogP contribution is 2.35. The number of anilines is 1. The number of nitrogens with zero attached hydrogens (tertiary/aromatic N) is 3. The van der Waals surface area contributed by atoms with Gasteiger partial charge in [-0.3, -0.25) is 4.79 Å². The van der Waals surface area contributed by atoms with Gasteiger partial charge in [0.05, 0.1) is 12.1 Å². The summed E-state index contributed by atoms with van der Waals surface area (Å²) in [5.41, 5.74) is 2.99. The minimum absolute atomic E-state index is 0.184. The molecule has 5 nitrogen and oxygen atoms in total. The van der Waals surface area contributed by atoms with Gasteiger partial charge in [0.2, 0.25) is 11.8 Å². The summed E-state index contributed by atoms with van der Waals surface area (Å²) in [7, 11) is 0. The first-order valence-electron chi connectivity index (χ1n) is 11.2. The zero-order chi connectivity index (χ0) is 20.2. The first-order chi connectivity index (χ1) is 14.1. The Balaban J connectivity index is 1.68. The lowest BCUT2D eigenvalue weighted by atomic mass is 10.0. The molecule has 2 aromatic rings. The molecule has 4 rings (SSSR count). The molecule has 0 spiro atoms. The Bertz CT molecular complexity index is 803. The van der Waals surface area contributed by atoms with Gasteiger partial charge in [-0.2, -0.15) is 0 Å². The van der Waals surface area contributed by atoms with Crippen molar-refractivity contribution in [1.82, 2.24) is 10.1 Å². The second kappa shape index (κ2) is 9.02. The lowest BCUT2D eigenvalue weighted by Crippen LogP contribution is -2.37. The normalized spacial score (nSPS) is 17.4. The molecule has 0 unspecified atom stereocenters. The highest BCUT2D eigenvalue weighted by atomic mass is 16.5. The first-order valence-corrected chi connectivity index (χ1v) is 11.2. The third-order valence-electron chi connectivity index (χ3n) is 6.16. The lowest BCUT2D eigenvalue weighted by molar-refractivity contribution is -0.136. The summed E-state index contributed by atoms with van der Waals surface area (Å²) in [6, 6.07) is 10.2. The van der Waals surface area contributed by atoms with Gasteiger partial charge in [0.25, 0.3) is 0 Å². The highest BCUT2D eigenvalue weighted by molar-refractivity contribution is 5.80. The van der Waals surface area contributed by atoms with E-state index in [4.69, 9.17) is 4.52 Å². The Kier molecular flexibility index (Phi) is 6.22. The van der Waals surface area contributed by atoms with E-state index in [0.717, 1.165) is 55.2 Å². The van der Waals surface area contributed by atoms with Crippen molar-refractivity contribution in [1.29, 1.82) is 0 Å². The summed E-state index contributed by atoms with van der Waals surface area (Å²) < 4.78 is 5.88. The van der Waals surface area contributed by atoms with Crippen LogP contribution in [0.1, 0.15) is 57.9 Å². The molecule has 1 amide bonds. The monoisotopic (exact) mass is 395 g/mol. The summed E-state index contributed by atoms with van der Waals surface area (Å²) in [5.74, 6) is 1.78. The van der Waals surface area contributed by atoms with Crippen LogP contribution in [-0.2, 0) is 11.3 Å². The van der Waals surface area contributed by atoms with Gasteiger partial charge in [0.1, 0.15) is 5.69 Å². The predicted molar refractivity (Wildman–Crippen MR) is 116 cm³/mol. The van der Waals surface area contributed by atoms with E-state index in [9.17, 15) is 4.79 Å². The minimum atomic E-state index is 0.184. The van der Waals surface area contributed by atoms with Gasteiger partial charge in [0.15, 0.2) is 0 Å². The van der Waals surface area contributed by atoms with Gasteiger partial charge >= 0.3 is 0 Å². The summed E-state index contributed by atoms with van der Waals surface area (Å²) >= 11 is 0.